The summed E-state index contributed by atoms with van der Waals surface area (Å²) in [5.41, 5.74) is 1.88. The lowest BCUT2D eigenvalue weighted by Gasteiger charge is -1.93. The van der Waals surface area contributed by atoms with Crippen LogP contribution >= 0.6 is 27.3 Å². The molecule has 0 amide bonds. The van der Waals surface area contributed by atoms with E-state index >= 15 is 0 Å². The normalized spacial score (nSPS) is 11.4. The SMILES string of the molecule is CCCc1sc(C(=O)/C=C/c2cc(C)nn2C)cc1Br. The zero-order valence-corrected chi connectivity index (χ0v) is 14.2. The molecule has 5 heteroatoms. The van der Waals surface area contributed by atoms with Gasteiger partial charge in [0.2, 0.25) is 0 Å². The third kappa shape index (κ3) is 3.46. The van der Waals surface area contributed by atoms with Gasteiger partial charge in [0.15, 0.2) is 5.78 Å². The molecule has 0 N–H and O–H groups in total. The Morgan fingerprint density at radius 3 is 2.85 bits per heavy atom. The third-order valence-corrected chi connectivity index (χ3v) is 5.10. The quantitative estimate of drug-likeness (QED) is 0.590. The Balaban J connectivity index is 2.15. The molecule has 2 rings (SSSR count). The Morgan fingerprint density at radius 2 is 2.25 bits per heavy atom. The van der Waals surface area contributed by atoms with Crippen molar-refractivity contribution in [2.45, 2.75) is 26.7 Å². The number of nitrogens with zero attached hydrogens (tertiary/aromatic N) is 2. The maximum atomic E-state index is 12.2. The van der Waals surface area contributed by atoms with E-state index in [-0.39, 0.29) is 5.78 Å². The minimum Gasteiger partial charge on any atom is -0.288 e. The second-order valence-electron chi connectivity index (χ2n) is 4.66. The number of carbonyl (C=O) groups is 1. The van der Waals surface area contributed by atoms with Crippen molar-refractivity contribution < 1.29 is 4.79 Å². The van der Waals surface area contributed by atoms with Gasteiger partial charge in [-0.05, 0) is 53.6 Å². The van der Waals surface area contributed by atoms with Gasteiger partial charge in [-0.2, -0.15) is 5.10 Å². The predicted molar refractivity (Wildman–Crippen MR) is 87.3 cm³/mol. The van der Waals surface area contributed by atoms with Crippen molar-refractivity contribution in [2.75, 3.05) is 0 Å². The van der Waals surface area contributed by atoms with Crippen LogP contribution in [0.1, 0.15) is 39.3 Å². The van der Waals surface area contributed by atoms with E-state index in [1.54, 1.807) is 22.1 Å². The van der Waals surface area contributed by atoms with Gasteiger partial charge in [-0.3, -0.25) is 9.48 Å². The van der Waals surface area contributed by atoms with Crippen LogP contribution < -0.4 is 0 Å². The smallest absolute Gasteiger partial charge is 0.195 e. The van der Waals surface area contributed by atoms with Gasteiger partial charge in [0.05, 0.1) is 16.3 Å². The molecule has 2 heterocycles. The van der Waals surface area contributed by atoms with Crippen LogP contribution in [0.2, 0.25) is 0 Å². The highest BCUT2D eigenvalue weighted by Gasteiger charge is 2.11. The minimum atomic E-state index is 0.0388. The fourth-order valence-electron chi connectivity index (χ4n) is 1.96. The van der Waals surface area contributed by atoms with Crippen LogP contribution in [0.25, 0.3) is 6.08 Å². The molecule has 0 unspecified atom stereocenters. The molecular formula is C15H17BrN2OS. The standard InChI is InChI=1S/C15H17BrN2OS/c1-4-5-14-12(16)9-15(20-14)13(19)7-6-11-8-10(2)17-18(11)3/h6-9H,4-5H2,1-3H3/b7-6+. The molecule has 0 aliphatic carbocycles. The second-order valence-corrected chi connectivity index (χ2v) is 6.65. The lowest BCUT2D eigenvalue weighted by molar-refractivity contribution is 0.105. The third-order valence-electron chi connectivity index (χ3n) is 2.92. The number of carbonyl (C=O) groups excluding carboxylic acids is 1. The Hall–Kier alpha value is -1.20. The van der Waals surface area contributed by atoms with Crippen molar-refractivity contribution in [3.05, 3.63) is 43.8 Å². The van der Waals surface area contributed by atoms with Gasteiger partial charge in [0.25, 0.3) is 0 Å². The average molecular weight is 353 g/mol. The van der Waals surface area contributed by atoms with Crippen LogP contribution in [-0.4, -0.2) is 15.6 Å². The number of ketones is 1. The summed E-state index contributed by atoms with van der Waals surface area (Å²) in [4.78, 5) is 14.2. The maximum absolute atomic E-state index is 12.2. The number of halogens is 1. The highest BCUT2D eigenvalue weighted by Crippen LogP contribution is 2.29. The molecule has 0 aliphatic rings. The Bertz CT molecular complexity index is 655. The summed E-state index contributed by atoms with van der Waals surface area (Å²) in [6.07, 6.45) is 5.51. The first kappa shape index (κ1) is 15.2. The summed E-state index contributed by atoms with van der Waals surface area (Å²) in [6, 6.07) is 3.87. The zero-order valence-electron chi connectivity index (χ0n) is 11.8. The highest BCUT2D eigenvalue weighted by atomic mass is 79.9. The lowest BCUT2D eigenvalue weighted by atomic mass is 10.2. The van der Waals surface area contributed by atoms with Crippen molar-refractivity contribution >= 4 is 39.1 Å². The maximum Gasteiger partial charge on any atom is 0.195 e. The number of hydrogen-bond donors (Lipinski definition) is 0. The Morgan fingerprint density at radius 1 is 1.50 bits per heavy atom. The van der Waals surface area contributed by atoms with E-state index in [1.807, 2.05) is 32.2 Å². The number of allylic oxidation sites excluding steroid dienone is 1. The highest BCUT2D eigenvalue weighted by molar-refractivity contribution is 9.10. The first-order valence-electron chi connectivity index (χ1n) is 6.52. The molecule has 20 heavy (non-hydrogen) atoms. The first-order valence-corrected chi connectivity index (χ1v) is 8.13. The molecule has 0 saturated carbocycles. The van der Waals surface area contributed by atoms with Gasteiger partial charge in [-0.15, -0.1) is 11.3 Å². The molecule has 0 fully saturated rings. The van der Waals surface area contributed by atoms with Gasteiger partial charge in [-0.25, -0.2) is 0 Å². The molecule has 2 aromatic rings. The van der Waals surface area contributed by atoms with Gasteiger partial charge < -0.3 is 0 Å². The topological polar surface area (TPSA) is 34.9 Å². The molecule has 2 aromatic heterocycles. The summed E-state index contributed by atoms with van der Waals surface area (Å²) < 4.78 is 2.81. The van der Waals surface area contributed by atoms with Crippen LogP contribution in [0.4, 0.5) is 0 Å². The molecule has 0 bridgehead atoms. The number of aryl methyl sites for hydroxylation is 3. The van der Waals surface area contributed by atoms with E-state index in [0.717, 1.165) is 33.6 Å². The van der Waals surface area contributed by atoms with E-state index in [9.17, 15) is 4.79 Å². The van der Waals surface area contributed by atoms with Crippen molar-refractivity contribution in [1.82, 2.24) is 9.78 Å². The summed E-state index contributed by atoms with van der Waals surface area (Å²) >= 11 is 5.08. The Labute approximate surface area is 131 Å². The molecule has 0 saturated heterocycles. The van der Waals surface area contributed by atoms with E-state index < -0.39 is 0 Å². The molecule has 0 atom stereocenters. The second kappa shape index (κ2) is 6.50. The van der Waals surface area contributed by atoms with E-state index in [1.165, 1.54) is 4.88 Å². The number of thiophene rings is 1. The molecule has 3 nitrogen and oxygen atoms in total. The molecule has 106 valence electrons. The van der Waals surface area contributed by atoms with Gasteiger partial charge in [0, 0.05) is 16.4 Å². The zero-order chi connectivity index (χ0) is 14.7. The molecular weight excluding hydrogens is 336 g/mol. The first-order chi connectivity index (χ1) is 9.51. The molecule has 0 radical (unpaired) electrons. The Kier molecular flexibility index (Phi) is 4.94. The summed E-state index contributed by atoms with van der Waals surface area (Å²) in [6.45, 7) is 4.07. The average Bonchev–Trinajstić information content (AvgIpc) is 2.91. The number of aromatic nitrogens is 2. The van der Waals surface area contributed by atoms with Crippen molar-refractivity contribution in [1.29, 1.82) is 0 Å². The fraction of sp³-hybridized carbons (Fsp3) is 0.333. The number of rotatable bonds is 5. The molecule has 0 aliphatic heterocycles. The van der Waals surface area contributed by atoms with Crippen LogP contribution in [-0.2, 0) is 13.5 Å². The lowest BCUT2D eigenvalue weighted by Crippen LogP contribution is -1.94. The summed E-state index contributed by atoms with van der Waals surface area (Å²) in [7, 11) is 1.87. The van der Waals surface area contributed by atoms with Crippen molar-refractivity contribution in [3.63, 3.8) is 0 Å². The van der Waals surface area contributed by atoms with Crippen LogP contribution in [0.15, 0.2) is 22.7 Å². The van der Waals surface area contributed by atoms with Crippen molar-refractivity contribution in [3.8, 4) is 0 Å². The van der Waals surface area contributed by atoms with Gasteiger partial charge >= 0.3 is 0 Å². The van der Waals surface area contributed by atoms with E-state index in [0.29, 0.717) is 0 Å². The van der Waals surface area contributed by atoms with E-state index in [2.05, 4.69) is 28.0 Å². The predicted octanol–water partition coefficient (Wildman–Crippen LogP) is 4.40. The monoisotopic (exact) mass is 352 g/mol. The molecule has 0 aromatic carbocycles. The van der Waals surface area contributed by atoms with E-state index in [4.69, 9.17) is 0 Å². The summed E-state index contributed by atoms with van der Waals surface area (Å²) in [5.74, 6) is 0.0388. The minimum absolute atomic E-state index is 0.0388. The van der Waals surface area contributed by atoms with Crippen LogP contribution in [0, 0.1) is 6.92 Å². The fourth-order valence-corrected chi connectivity index (χ4v) is 3.85. The van der Waals surface area contributed by atoms with Crippen LogP contribution in [0.5, 0.6) is 0 Å². The molecule has 0 spiro atoms. The summed E-state index contributed by atoms with van der Waals surface area (Å²) in [5, 5.41) is 4.25. The largest absolute Gasteiger partial charge is 0.288 e. The van der Waals surface area contributed by atoms with Gasteiger partial charge in [0.1, 0.15) is 0 Å². The number of hydrogen-bond acceptors (Lipinski definition) is 3. The van der Waals surface area contributed by atoms with Gasteiger partial charge in [-0.1, -0.05) is 13.3 Å². The van der Waals surface area contributed by atoms with Crippen LogP contribution in [0.3, 0.4) is 0 Å². The van der Waals surface area contributed by atoms with Crippen molar-refractivity contribution in [2.24, 2.45) is 7.05 Å².